The van der Waals surface area contributed by atoms with Gasteiger partial charge in [-0.1, -0.05) is 27.7 Å². The SMILES string of the molecule is CC.CCN1CCC(N(C)CCOC2CC(C)C2)CC1. The van der Waals surface area contributed by atoms with Gasteiger partial charge in [0.25, 0.3) is 0 Å². The van der Waals surface area contributed by atoms with Crippen molar-refractivity contribution in [2.45, 2.75) is 65.5 Å². The number of likely N-dealkylation sites (N-methyl/N-ethyl adjacent to an activating group) is 1. The molecule has 0 bridgehead atoms. The summed E-state index contributed by atoms with van der Waals surface area (Å²) in [5.74, 6) is 0.895. The molecule has 0 aromatic heterocycles. The lowest BCUT2D eigenvalue weighted by molar-refractivity contribution is -0.0353. The molecule has 1 saturated heterocycles. The second kappa shape index (κ2) is 9.75. The third-order valence-corrected chi connectivity index (χ3v) is 4.76. The fraction of sp³-hybridized carbons (Fsp3) is 1.00. The smallest absolute Gasteiger partial charge is 0.0597 e. The molecule has 2 rings (SSSR count). The van der Waals surface area contributed by atoms with E-state index >= 15 is 0 Å². The minimum atomic E-state index is 0.565. The van der Waals surface area contributed by atoms with Crippen molar-refractivity contribution >= 4 is 0 Å². The van der Waals surface area contributed by atoms with Crippen LogP contribution in [0.15, 0.2) is 0 Å². The number of hydrogen-bond acceptors (Lipinski definition) is 3. The van der Waals surface area contributed by atoms with Crippen molar-refractivity contribution in [3.05, 3.63) is 0 Å². The second-order valence-electron chi connectivity index (χ2n) is 6.22. The molecule has 0 spiro atoms. The molecule has 0 atom stereocenters. The van der Waals surface area contributed by atoms with Crippen molar-refractivity contribution < 1.29 is 4.74 Å². The van der Waals surface area contributed by atoms with Crippen LogP contribution in [0.5, 0.6) is 0 Å². The molecule has 2 aliphatic rings. The zero-order valence-corrected chi connectivity index (χ0v) is 14.4. The van der Waals surface area contributed by atoms with Crippen molar-refractivity contribution in [3.63, 3.8) is 0 Å². The van der Waals surface area contributed by atoms with Gasteiger partial charge in [0.1, 0.15) is 0 Å². The molecule has 0 aromatic carbocycles. The average Bonchev–Trinajstić information content (AvgIpc) is 2.47. The lowest BCUT2D eigenvalue weighted by Gasteiger charge is -2.37. The van der Waals surface area contributed by atoms with Crippen LogP contribution in [0.1, 0.15) is 53.4 Å². The summed E-state index contributed by atoms with van der Waals surface area (Å²) in [6.45, 7) is 14.3. The number of rotatable bonds is 6. The highest BCUT2D eigenvalue weighted by atomic mass is 16.5. The van der Waals surface area contributed by atoms with Crippen LogP contribution in [-0.2, 0) is 4.74 Å². The van der Waals surface area contributed by atoms with Crippen LogP contribution >= 0.6 is 0 Å². The second-order valence-corrected chi connectivity index (χ2v) is 6.22. The Balaban J connectivity index is 0.000000956. The predicted molar refractivity (Wildman–Crippen MR) is 87.3 cm³/mol. The van der Waals surface area contributed by atoms with Crippen LogP contribution in [0.3, 0.4) is 0 Å². The molecular formula is C17H36N2O. The molecule has 3 nitrogen and oxygen atoms in total. The van der Waals surface area contributed by atoms with Gasteiger partial charge in [-0.05, 0) is 58.3 Å². The van der Waals surface area contributed by atoms with E-state index in [2.05, 4.69) is 30.7 Å². The molecule has 3 heteroatoms. The van der Waals surface area contributed by atoms with E-state index in [1.54, 1.807) is 0 Å². The highest BCUT2D eigenvalue weighted by molar-refractivity contribution is 4.79. The third kappa shape index (κ3) is 5.71. The summed E-state index contributed by atoms with van der Waals surface area (Å²) in [6, 6.07) is 0.775. The topological polar surface area (TPSA) is 15.7 Å². The van der Waals surface area contributed by atoms with E-state index in [0.717, 1.165) is 25.1 Å². The highest BCUT2D eigenvalue weighted by Crippen LogP contribution is 2.29. The van der Waals surface area contributed by atoms with Crippen molar-refractivity contribution in [3.8, 4) is 0 Å². The number of ether oxygens (including phenoxy) is 1. The third-order valence-electron chi connectivity index (χ3n) is 4.76. The van der Waals surface area contributed by atoms with Gasteiger partial charge in [0, 0.05) is 12.6 Å². The molecule has 0 N–H and O–H groups in total. The molecule has 0 amide bonds. The van der Waals surface area contributed by atoms with Gasteiger partial charge in [0.15, 0.2) is 0 Å². The molecule has 0 radical (unpaired) electrons. The van der Waals surface area contributed by atoms with Crippen LogP contribution in [0.4, 0.5) is 0 Å². The summed E-state index contributed by atoms with van der Waals surface area (Å²) >= 11 is 0. The van der Waals surface area contributed by atoms with Crippen LogP contribution in [-0.4, -0.2) is 61.8 Å². The van der Waals surface area contributed by atoms with Crippen molar-refractivity contribution in [2.24, 2.45) is 5.92 Å². The Kier molecular flexibility index (Phi) is 8.74. The molecule has 1 saturated carbocycles. The summed E-state index contributed by atoms with van der Waals surface area (Å²) in [6.07, 6.45) is 5.77. The Hall–Kier alpha value is -0.120. The van der Waals surface area contributed by atoms with Gasteiger partial charge >= 0.3 is 0 Å². The first-order valence-electron chi connectivity index (χ1n) is 8.73. The first kappa shape index (κ1) is 17.9. The zero-order valence-electron chi connectivity index (χ0n) is 14.4. The van der Waals surface area contributed by atoms with Crippen LogP contribution in [0.25, 0.3) is 0 Å². The first-order valence-corrected chi connectivity index (χ1v) is 8.73. The molecule has 20 heavy (non-hydrogen) atoms. The van der Waals surface area contributed by atoms with E-state index in [4.69, 9.17) is 4.74 Å². The van der Waals surface area contributed by atoms with Crippen LogP contribution in [0.2, 0.25) is 0 Å². The van der Waals surface area contributed by atoms with Crippen molar-refractivity contribution in [2.75, 3.05) is 39.8 Å². The van der Waals surface area contributed by atoms with Gasteiger partial charge < -0.3 is 14.5 Å². The molecule has 1 aliphatic heterocycles. The zero-order chi connectivity index (χ0) is 15.0. The van der Waals surface area contributed by atoms with Gasteiger partial charge in [-0.25, -0.2) is 0 Å². The Morgan fingerprint density at radius 1 is 1.15 bits per heavy atom. The first-order chi connectivity index (χ1) is 9.69. The van der Waals surface area contributed by atoms with Gasteiger partial charge in [0.05, 0.1) is 12.7 Å². The number of likely N-dealkylation sites (tertiary alicyclic amines) is 1. The molecule has 1 heterocycles. The number of piperidine rings is 1. The summed E-state index contributed by atoms with van der Waals surface area (Å²) in [7, 11) is 2.26. The minimum absolute atomic E-state index is 0.565. The van der Waals surface area contributed by atoms with Gasteiger partial charge in [0.2, 0.25) is 0 Å². The lowest BCUT2D eigenvalue weighted by Crippen LogP contribution is -2.44. The molecule has 120 valence electrons. The molecule has 0 unspecified atom stereocenters. The largest absolute Gasteiger partial charge is 0.377 e. The monoisotopic (exact) mass is 284 g/mol. The maximum Gasteiger partial charge on any atom is 0.0597 e. The lowest BCUT2D eigenvalue weighted by atomic mass is 9.84. The Bertz CT molecular complexity index is 233. The Labute approximate surface area is 126 Å². The highest BCUT2D eigenvalue weighted by Gasteiger charge is 2.26. The minimum Gasteiger partial charge on any atom is -0.377 e. The maximum atomic E-state index is 5.90. The molecule has 0 aromatic rings. The van der Waals surface area contributed by atoms with E-state index in [1.165, 1.54) is 45.3 Å². The van der Waals surface area contributed by atoms with E-state index in [9.17, 15) is 0 Å². The fourth-order valence-corrected chi connectivity index (χ4v) is 3.19. The summed E-state index contributed by atoms with van der Waals surface area (Å²) in [5, 5.41) is 0. The maximum absolute atomic E-state index is 5.90. The van der Waals surface area contributed by atoms with Gasteiger partial charge in [-0.3, -0.25) is 0 Å². The van der Waals surface area contributed by atoms with Crippen LogP contribution < -0.4 is 0 Å². The predicted octanol–water partition coefficient (Wildman–Crippen LogP) is 3.24. The summed E-state index contributed by atoms with van der Waals surface area (Å²) < 4.78 is 5.90. The van der Waals surface area contributed by atoms with Crippen LogP contribution in [0, 0.1) is 5.92 Å². The van der Waals surface area contributed by atoms with Crippen molar-refractivity contribution in [1.29, 1.82) is 0 Å². The number of hydrogen-bond donors (Lipinski definition) is 0. The van der Waals surface area contributed by atoms with E-state index in [0.29, 0.717) is 6.10 Å². The standard InChI is InChI=1S/C15H30N2O.C2H6/c1-4-17-7-5-14(6-8-17)16(3)9-10-18-15-11-13(2)12-15;1-2/h13-15H,4-12H2,1-3H3;1-2H3. The van der Waals surface area contributed by atoms with Gasteiger partial charge in [-0.2, -0.15) is 0 Å². The molecule has 2 fully saturated rings. The van der Waals surface area contributed by atoms with Crippen molar-refractivity contribution in [1.82, 2.24) is 9.80 Å². The molecule has 1 aliphatic carbocycles. The summed E-state index contributed by atoms with van der Waals surface area (Å²) in [5.41, 5.74) is 0. The normalized spacial score (nSPS) is 27.9. The van der Waals surface area contributed by atoms with E-state index in [1.807, 2.05) is 13.8 Å². The van der Waals surface area contributed by atoms with Gasteiger partial charge in [-0.15, -0.1) is 0 Å². The Morgan fingerprint density at radius 3 is 2.25 bits per heavy atom. The Morgan fingerprint density at radius 2 is 1.75 bits per heavy atom. The number of nitrogens with zero attached hydrogens (tertiary/aromatic N) is 2. The van der Waals surface area contributed by atoms with E-state index < -0.39 is 0 Å². The summed E-state index contributed by atoms with van der Waals surface area (Å²) in [4.78, 5) is 5.06. The quantitative estimate of drug-likeness (QED) is 0.745. The van der Waals surface area contributed by atoms with E-state index in [-0.39, 0.29) is 0 Å². The fourth-order valence-electron chi connectivity index (χ4n) is 3.19. The molecular weight excluding hydrogens is 248 g/mol. The average molecular weight is 284 g/mol.